The van der Waals surface area contributed by atoms with Gasteiger partial charge in [-0.3, -0.25) is 4.79 Å². The van der Waals surface area contributed by atoms with E-state index in [9.17, 15) is 30.8 Å². The molecule has 0 fully saturated rings. The first-order valence-corrected chi connectivity index (χ1v) is 10.4. The van der Waals surface area contributed by atoms with Gasteiger partial charge in [0.05, 0.1) is 23.0 Å². The van der Waals surface area contributed by atoms with Crippen LogP contribution in [-0.4, -0.2) is 37.8 Å². The zero-order valence-electron chi connectivity index (χ0n) is 15.1. The van der Waals surface area contributed by atoms with Gasteiger partial charge in [0, 0.05) is 12.1 Å². The van der Waals surface area contributed by atoms with Crippen LogP contribution in [0.15, 0.2) is 24.4 Å². The van der Waals surface area contributed by atoms with Crippen LogP contribution in [0.5, 0.6) is 17.4 Å². The van der Waals surface area contributed by atoms with E-state index in [2.05, 4.69) is 9.72 Å². The molecule has 14 heteroatoms. The molecule has 7 nitrogen and oxygen atoms in total. The first-order valence-electron chi connectivity index (χ1n) is 7.75. The number of nitrogens with one attached hydrogen (secondary N) is 1. The quantitative estimate of drug-likeness (QED) is 0.605. The molecule has 2 rings (SSSR count). The minimum Gasteiger partial charge on any atom is -0.464 e. The Morgan fingerprint density at radius 2 is 1.83 bits per heavy atom. The zero-order valence-corrected chi connectivity index (χ0v) is 17.4. The number of rotatable bonds is 6. The van der Waals surface area contributed by atoms with Crippen LogP contribution in [0, 0.1) is 5.82 Å². The summed E-state index contributed by atoms with van der Waals surface area (Å²) in [4.78, 5) is 15.4. The van der Waals surface area contributed by atoms with Crippen LogP contribution < -0.4 is 14.2 Å². The van der Waals surface area contributed by atoms with E-state index >= 15 is 0 Å². The van der Waals surface area contributed by atoms with Crippen molar-refractivity contribution in [1.82, 2.24) is 9.71 Å². The minimum atomic E-state index is -4.63. The van der Waals surface area contributed by atoms with Crippen LogP contribution in [0.2, 0.25) is 10.0 Å². The van der Waals surface area contributed by atoms with Gasteiger partial charge in [-0.15, -0.1) is 0 Å². The predicted octanol–water partition coefficient (Wildman–Crippen LogP) is 4.34. The molecule has 0 aliphatic carbocycles. The molecule has 1 heterocycles. The summed E-state index contributed by atoms with van der Waals surface area (Å²) in [6.07, 6.45) is -5.12. The lowest BCUT2D eigenvalue weighted by molar-refractivity contribution is -0.189. The normalized spacial score (nSPS) is 12.9. The van der Waals surface area contributed by atoms with Gasteiger partial charge < -0.3 is 9.47 Å². The zero-order chi connectivity index (χ0) is 22.9. The summed E-state index contributed by atoms with van der Waals surface area (Å²) in [6, 6.07) is 2.61. The third-order valence-electron chi connectivity index (χ3n) is 3.30. The Hall–Kier alpha value is -2.31. The number of pyridine rings is 1. The van der Waals surface area contributed by atoms with E-state index in [0.29, 0.717) is 12.3 Å². The fourth-order valence-corrected chi connectivity index (χ4v) is 2.77. The van der Waals surface area contributed by atoms with Gasteiger partial charge in [0.2, 0.25) is 15.9 Å². The predicted molar refractivity (Wildman–Crippen MR) is 99.2 cm³/mol. The number of nitrogens with zero attached hydrogens (tertiary/aromatic N) is 1. The van der Waals surface area contributed by atoms with Crippen molar-refractivity contribution in [3.8, 4) is 17.4 Å². The SMILES string of the molecule is CC(Oc1ncc(Oc2cc(F)c(C(=O)NS(C)(=O)=O)cc2Cl)cc1Cl)C(F)(F)F. The van der Waals surface area contributed by atoms with Crippen molar-refractivity contribution in [3.05, 3.63) is 45.8 Å². The standard InChI is InChI=1S/C16H12Cl2F4N2O5S/c1-7(16(20,21)22)28-15-11(18)3-8(6-23-15)29-13-5-12(19)9(4-10(13)17)14(25)24-30(2,26)27/h3-7H,1-2H3,(H,24,25). The van der Waals surface area contributed by atoms with Gasteiger partial charge in [-0.05, 0) is 13.0 Å². The van der Waals surface area contributed by atoms with E-state index in [0.717, 1.165) is 25.3 Å². The molecule has 1 amide bonds. The number of aromatic nitrogens is 1. The van der Waals surface area contributed by atoms with E-state index in [-0.39, 0.29) is 21.5 Å². The van der Waals surface area contributed by atoms with Gasteiger partial charge >= 0.3 is 6.18 Å². The second-order valence-electron chi connectivity index (χ2n) is 5.83. The Morgan fingerprint density at radius 3 is 2.37 bits per heavy atom. The third kappa shape index (κ3) is 6.34. The van der Waals surface area contributed by atoms with Crippen LogP contribution in [0.3, 0.4) is 0 Å². The van der Waals surface area contributed by atoms with Gasteiger partial charge in [-0.1, -0.05) is 23.2 Å². The summed E-state index contributed by atoms with van der Waals surface area (Å²) in [5.74, 6) is -3.30. The van der Waals surface area contributed by atoms with E-state index in [1.165, 1.54) is 0 Å². The molecule has 1 atom stereocenters. The minimum absolute atomic E-state index is 0.123. The first kappa shape index (κ1) is 24.0. The summed E-state index contributed by atoms with van der Waals surface area (Å²) in [7, 11) is -3.93. The van der Waals surface area contributed by atoms with Crippen molar-refractivity contribution in [2.24, 2.45) is 0 Å². The molecule has 1 aromatic carbocycles. The molecule has 30 heavy (non-hydrogen) atoms. The van der Waals surface area contributed by atoms with Crippen molar-refractivity contribution >= 4 is 39.1 Å². The number of carbonyl (C=O) groups excluding carboxylic acids is 1. The highest BCUT2D eigenvalue weighted by molar-refractivity contribution is 7.89. The molecule has 1 N–H and O–H groups in total. The molecular weight excluding hydrogens is 479 g/mol. The van der Waals surface area contributed by atoms with E-state index < -0.39 is 45.5 Å². The Kier molecular flexibility index (Phi) is 7.05. The van der Waals surface area contributed by atoms with E-state index in [4.69, 9.17) is 27.9 Å². The monoisotopic (exact) mass is 490 g/mol. The Labute approximate surface area is 178 Å². The fourth-order valence-electron chi connectivity index (χ4n) is 1.92. The summed E-state index contributed by atoms with van der Waals surface area (Å²) in [5.41, 5.74) is -0.654. The lowest BCUT2D eigenvalue weighted by Crippen LogP contribution is -2.31. The molecule has 0 aliphatic rings. The summed E-state index contributed by atoms with van der Waals surface area (Å²) in [5, 5.41) is -0.582. The molecule has 0 saturated heterocycles. The maximum absolute atomic E-state index is 14.2. The average molecular weight is 491 g/mol. The van der Waals surface area contributed by atoms with Crippen molar-refractivity contribution < 1.29 is 40.2 Å². The van der Waals surface area contributed by atoms with Crippen LogP contribution in [0.4, 0.5) is 17.6 Å². The summed E-state index contributed by atoms with van der Waals surface area (Å²) in [6.45, 7) is 0.770. The lowest BCUT2D eigenvalue weighted by atomic mass is 10.2. The lowest BCUT2D eigenvalue weighted by Gasteiger charge is -2.17. The molecule has 1 aromatic heterocycles. The van der Waals surface area contributed by atoms with Gasteiger partial charge in [-0.25, -0.2) is 22.5 Å². The highest BCUT2D eigenvalue weighted by atomic mass is 35.5. The maximum Gasteiger partial charge on any atom is 0.425 e. The Morgan fingerprint density at radius 1 is 1.20 bits per heavy atom. The second-order valence-corrected chi connectivity index (χ2v) is 8.39. The van der Waals surface area contributed by atoms with Gasteiger partial charge in [0.1, 0.15) is 22.3 Å². The first-order chi connectivity index (χ1) is 13.7. The molecule has 0 bridgehead atoms. The molecule has 2 aromatic rings. The molecular formula is C16H12Cl2F4N2O5S. The number of amides is 1. The third-order valence-corrected chi connectivity index (χ3v) is 4.43. The Balaban J connectivity index is 2.23. The van der Waals surface area contributed by atoms with Crippen molar-refractivity contribution in [1.29, 1.82) is 0 Å². The number of alkyl halides is 3. The van der Waals surface area contributed by atoms with Gasteiger partial charge in [0.25, 0.3) is 5.91 Å². The topological polar surface area (TPSA) is 94.6 Å². The largest absolute Gasteiger partial charge is 0.464 e. The van der Waals surface area contributed by atoms with E-state index in [1.807, 2.05) is 0 Å². The van der Waals surface area contributed by atoms with Crippen LogP contribution in [0.25, 0.3) is 0 Å². The number of ether oxygens (including phenoxy) is 2. The summed E-state index contributed by atoms with van der Waals surface area (Å²) < 4.78 is 85.6. The van der Waals surface area contributed by atoms with Crippen LogP contribution in [0.1, 0.15) is 17.3 Å². The van der Waals surface area contributed by atoms with Crippen molar-refractivity contribution in [3.63, 3.8) is 0 Å². The van der Waals surface area contributed by atoms with Crippen LogP contribution in [-0.2, 0) is 10.0 Å². The molecule has 164 valence electrons. The molecule has 0 saturated carbocycles. The second kappa shape index (κ2) is 8.82. The highest BCUT2D eigenvalue weighted by Gasteiger charge is 2.38. The van der Waals surface area contributed by atoms with Gasteiger partial charge in [0.15, 0.2) is 6.10 Å². The van der Waals surface area contributed by atoms with Gasteiger partial charge in [-0.2, -0.15) is 13.2 Å². The van der Waals surface area contributed by atoms with Crippen molar-refractivity contribution in [2.45, 2.75) is 19.2 Å². The highest BCUT2D eigenvalue weighted by Crippen LogP contribution is 2.35. The number of benzene rings is 1. The van der Waals surface area contributed by atoms with Crippen molar-refractivity contribution in [2.75, 3.05) is 6.26 Å². The number of hydrogen-bond donors (Lipinski definition) is 1. The number of carbonyl (C=O) groups is 1. The smallest absolute Gasteiger partial charge is 0.425 e. The average Bonchev–Trinajstić information content (AvgIpc) is 2.57. The summed E-state index contributed by atoms with van der Waals surface area (Å²) >= 11 is 11.8. The maximum atomic E-state index is 14.2. The van der Waals surface area contributed by atoms with E-state index in [1.54, 1.807) is 4.72 Å². The number of halogens is 6. The van der Waals surface area contributed by atoms with Crippen LogP contribution >= 0.6 is 23.2 Å². The number of hydrogen-bond acceptors (Lipinski definition) is 6. The Bertz CT molecular complexity index is 1080. The molecule has 0 spiro atoms. The molecule has 1 unspecified atom stereocenters. The molecule has 0 radical (unpaired) electrons. The molecule has 0 aliphatic heterocycles. The fraction of sp³-hybridized carbons (Fsp3) is 0.250. The number of sulfonamides is 1.